The highest BCUT2D eigenvalue weighted by Crippen LogP contribution is 2.34. The van der Waals surface area contributed by atoms with Crippen LogP contribution < -0.4 is 5.32 Å². The zero-order valence-corrected chi connectivity index (χ0v) is 11.8. The number of rotatable bonds is 2. The zero-order chi connectivity index (χ0) is 12.4. The van der Waals surface area contributed by atoms with Crippen molar-refractivity contribution in [1.82, 2.24) is 10.2 Å². The molecule has 0 aromatic carbocycles. The van der Waals surface area contributed by atoms with Gasteiger partial charge in [-0.15, -0.1) is 0 Å². The van der Waals surface area contributed by atoms with Gasteiger partial charge in [-0.3, -0.25) is 4.90 Å². The number of nitrogens with one attached hydrogen (secondary N) is 1. The largest absolute Gasteiger partial charge is 0.381 e. The maximum atomic E-state index is 5.50. The van der Waals surface area contributed by atoms with Gasteiger partial charge in [-0.2, -0.15) is 0 Å². The van der Waals surface area contributed by atoms with Crippen molar-refractivity contribution in [2.24, 2.45) is 5.92 Å². The molecule has 1 spiro atoms. The first-order valence-corrected chi connectivity index (χ1v) is 7.86. The van der Waals surface area contributed by atoms with E-state index in [0.717, 1.165) is 25.2 Å². The third-order valence-electron chi connectivity index (χ3n) is 5.49. The zero-order valence-electron chi connectivity index (χ0n) is 11.8. The van der Waals surface area contributed by atoms with Gasteiger partial charge in [0.25, 0.3) is 0 Å². The maximum Gasteiger partial charge on any atom is 0.0469 e. The second-order valence-corrected chi connectivity index (χ2v) is 6.58. The van der Waals surface area contributed by atoms with E-state index in [1.165, 1.54) is 58.2 Å². The first-order chi connectivity index (χ1) is 8.79. The molecule has 3 aliphatic rings. The summed E-state index contributed by atoms with van der Waals surface area (Å²) in [5, 5.41) is 3.82. The van der Waals surface area contributed by atoms with E-state index in [0.29, 0.717) is 5.54 Å². The summed E-state index contributed by atoms with van der Waals surface area (Å²) in [7, 11) is 0. The molecule has 3 rings (SSSR count). The van der Waals surface area contributed by atoms with Crippen molar-refractivity contribution in [3.63, 3.8) is 0 Å². The predicted molar refractivity (Wildman–Crippen MR) is 73.8 cm³/mol. The maximum absolute atomic E-state index is 5.50. The van der Waals surface area contributed by atoms with Crippen molar-refractivity contribution in [2.45, 2.75) is 57.0 Å². The molecule has 0 amide bonds. The summed E-state index contributed by atoms with van der Waals surface area (Å²) in [5.41, 5.74) is 0.470. The van der Waals surface area contributed by atoms with Crippen LogP contribution in [0.5, 0.6) is 0 Å². The quantitative estimate of drug-likeness (QED) is 0.814. The molecular formula is C15H28N2O. The van der Waals surface area contributed by atoms with E-state index in [2.05, 4.69) is 17.1 Å². The van der Waals surface area contributed by atoms with Crippen LogP contribution in [0.2, 0.25) is 0 Å². The molecule has 2 aliphatic heterocycles. The van der Waals surface area contributed by atoms with Crippen molar-refractivity contribution in [3.8, 4) is 0 Å². The Labute approximate surface area is 111 Å². The molecule has 3 nitrogen and oxygen atoms in total. The second kappa shape index (κ2) is 5.48. The Hall–Kier alpha value is -0.120. The van der Waals surface area contributed by atoms with E-state index in [1.54, 1.807) is 0 Å². The summed E-state index contributed by atoms with van der Waals surface area (Å²) in [6.45, 7) is 8.11. The summed E-state index contributed by atoms with van der Waals surface area (Å²) in [4.78, 5) is 2.76. The summed E-state index contributed by atoms with van der Waals surface area (Å²) in [6, 6.07) is 0.744. The van der Waals surface area contributed by atoms with Crippen LogP contribution in [-0.4, -0.2) is 49.3 Å². The summed E-state index contributed by atoms with van der Waals surface area (Å²) < 4.78 is 5.50. The lowest BCUT2D eigenvalue weighted by Gasteiger charge is -2.46. The van der Waals surface area contributed by atoms with Crippen LogP contribution in [0, 0.1) is 5.92 Å². The highest BCUT2D eigenvalue weighted by atomic mass is 16.5. The standard InChI is InChI=1S/C15H28N2O/c1-13(14-4-10-18-11-5-14)17-9-8-16-15(12-17)6-2-3-7-15/h13-14,16H,2-12H2,1H3. The van der Waals surface area contributed by atoms with Crippen molar-refractivity contribution < 1.29 is 4.74 Å². The Morgan fingerprint density at radius 1 is 1.22 bits per heavy atom. The summed E-state index contributed by atoms with van der Waals surface area (Å²) in [5.74, 6) is 0.857. The van der Waals surface area contributed by atoms with Crippen molar-refractivity contribution in [1.29, 1.82) is 0 Å². The minimum atomic E-state index is 0.470. The molecule has 0 bridgehead atoms. The highest BCUT2D eigenvalue weighted by Gasteiger charge is 2.39. The van der Waals surface area contributed by atoms with Gasteiger partial charge in [-0.1, -0.05) is 12.8 Å². The SMILES string of the molecule is CC(C1CCOCC1)N1CCNC2(CCCC2)C1. The third-order valence-corrected chi connectivity index (χ3v) is 5.49. The third kappa shape index (κ3) is 2.59. The Balaban J connectivity index is 1.60. The van der Waals surface area contributed by atoms with Crippen LogP contribution in [-0.2, 0) is 4.74 Å². The smallest absolute Gasteiger partial charge is 0.0469 e. The van der Waals surface area contributed by atoms with Crippen LogP contribution in [0.25, 0.3) is 0 Å². The number of nitrogens with zero attached hydrogens (tertiary/aromatic N) is 1. The molecular weight excluding hydrogens is 224 g/mol. The highest BCUT2D eigenvalue weighted by molar-refractivity contribution is 4.99. The average Bonchev–Trinajstić information content (AvgIpc) is 2.87. The summed E-state index contributed by atoms with van der Waals surface area (Å²) >= 11 is 0. The first kappa shape index (κ1) is 12.9. The first-order valence-electron chi connectivity index (χ1n) is 7.86. The number of ether oxygens (including phenoxy) is 1. The molecule has 3 fully saturated rings. The van der Waals surface area contributed by atoms with E-state index in [9.17, 15) is 0 Å². The van der Waals surface area contributed by atoms with E-state index in [4.69, 9.17) is 4.74 Å². The van der Waals surface area contributed by atoms with Gasteiger partial charge >= 0.3 is 0 Å². The van der Waals surface area contributed by atoms with Gasteiger partial charge in [0.2, 0.25) is 0 Å². The average molecular weight is 252 g/mol. The van der Waals surface area contributed by atoms with Gasteiger partial charge in [0, 0.05) is 44.4 Å². The molecule has 1 aliphatic carbocycles. The summed E-state index contributed by atoms with van der Waals surface area (Å²) in [6.07, 6.45) is 8.16. The van der Waals surface area contributed by atoms with Gasteiger partial charge in [0.1, 0.15) is 0 Å². The van der Waals surface area contributed by atoms with E-state index >= 15 is 0 Å². The lowest BCUT2D eigenvalue weighted by Crippen LogP contribution is -2.61. The van der Waals surface area contributed by atoms with Crippen LogP contribution in [0.4, 0.5) is 0 Å². The molecule has 1 unspecified atom stereocenters. The fourth-order valence-electron chi connectivity index (χ4n) is 4.22. The fraction of sp³-hybridized carbons (Fsp3) is 1.00. The van der Waals surface area contributed by atoms with Crippen LogP contribution in [0.3, 0.4) is 0 Å². The van der Waals surface area contributed by atoms with Gasteiger partial charge in [-0.25, -0.2) is 0 Å². The molecule has 3 heteroatoms. The minimum Gasteiger partial charge on any atom is -0.381 e. The number of piperazine rings is 1. The van der Waals surface area contributed by atoms with E-state index in [-0.39, 0.29) is 0 Å². The molecule has 2 saturated heterocycles. The normalized spacial score (nSPS) is 31.8. The molecule has 1 atom stereocenters. The van der Waals surface area contributed by atoms with Crippen molar-refractivity contribution in [3.05, 3.63) is 0 Å². The molecule has 1 saturated carbocycles. The molecule has 0 aromatic rings. The van der Waals surface area contributed by atoms with Crippen LogP contribution in [0.1, 0.15) is 45.4 Å². The number of hydrogen-bond acceptors (Lipinski definition) is 3. The molecule has 1 N–H and O–H groups in total. The Kier molecular flexibility index (Phi) is 3.92. The molecule has 2 heterocycles. The molecule has 0 radical (unpaired) electrons. The van der Waals surface area contributed by atoms with Crippen LogP contribution >= 0.6 is 0 Å². The lowest BCUT2D eigenvalue weighted by molar-refractivity contribution is 0.0125. The van der Waals surface area contributed by atoms with Crippen molar-refractivity contribution in [2.75, 3.05) is 32.8 Å². The second-order valence-electron chi connectivity index (χ2n) is 6.58. The fourth-order valence-corrected chi connectivity index (χ4v) is 4.22. The Bertz CT molecular complexity index is 270. The van der Waals surface area contributed by atoms with Gasteiger partial charge in [-0.05, 0) is 38.5 Å². The molecule has 0 aromatic heterocycles. The molecule has 18 heavy (non-hydrogen) atoms. The Morgan fingerprint density at radius 2 is 1.94 bits per heavy atom. The number of hydrogen-bond donors (Lipinski definition) is 1. The van der Waals surface area contributed by atoms with E-state index < -0.39 is 0 Å². The minimum absolute atomic E-state index is 0.470. The van der Waals surface area contributed by atoms with Gasteiger partial charge in [0.05, 0.1) is 0 Å². The monoisotopic (exact) mass is 252 g/mol. The predicted octanol–water partition coefficient (Wildman–Crippen LogP) is 2.02. The van der Waals surface area contributed by atoms with Gasteiger partial charge in [0.15, 0.2) is 0 Å². The Morgan fingerprint density at radius 3 is 2.67 bits per heavy atom. The molecule has 104 valence electrons. The lowest BCUT2D eigenvalue weighted by atomic mass is 9.88. The van der Waals surface area contributed by atoms with Crippen molar-refractivity contribution >= 4 is 0 Å². The van der Waals surface area contributed by atoms with Crippen LogP contribution in [0.15, 0.2) is 0 Å². The van der Waals surface area contributed by atoms with Gasteiger partial charge < -0.3 is 10.1 Å². The topological polar surface area (TPSA) is 24.5 Å². The van der Waals surface area contributed by atoms with E-state index in [1.807, 2.05) is 0 Å².